The van der Waals surface area contributed by atoms with Crippen molar-refractivity contribution in [1.82, 2.24) is 4.90 Å². The van der Waals surface area contributed by atoms with Crippen LogP contribution in [0.4, 0.5) is 9.18 Å². The first kappa shape index (κ1) is 17.0. The fourth-order valence-electron chi connectivity index (χ4n) is 2.38. The molecule has 5 nitrogen and oxygen atoms in total. The summed E-state index contributed by atoms with van der Waals surface area (Å²) < 4.78 is 18.3. The molecule has 1 aromatic rings. The number of carbonyl (C=O) groups excluding carboxylic acids is 1. The summed E-state index contributed by atoms with van der Waals surface area (Å²) >= 11 is 0. The first-order chi connectivity index (χ1) is 10.7. The Morgan fingerprint density at radius 2 is 1.87 bits per heavy atom. The van der Waals surface area contributed by atoms with Crippen molar-refractivity contribution in [1.29, 1.82) is 0 Å². The molecule has 0 bridgehead atoms. The van der Waals surface area contributed by atoms with Crippen molar-refractivity contribution in [3.05, 3.63) is 41.7 Å². The van der Waals surface area contributed by atoms with Gasteiger partial charge >= 0.3 is 12.1 Å². The van der Waals surface area contributed by atoms with Gasteiger partial charge < -0.3 is 9.84 Å². The van der Waals surface area contributed by atoms with Crippen LogP contribution in [0.25, 0.3) is 5.57 Å². The van der Waals surface area contributed by atoms with Crippen molar-refractivity contribution in [2.45, 2.75) is 38.8 Å². The van der Waals surface area contributed by atoms with Crippen LogP contribution in [-0.2, 0) is 9.53 Å². The average molecular weight is 321 g/mol. The van der Waals surface area contributed by atoms with Gasteiger partial charge in [-0.3, -0.25) is 4.90 Å². The van der Waals surface area contributed by atoms with Gasteiger partial charge in [-0.1, -0.05) is 12.1 Å². The Labute approximate surface area is 134 Å². The predicted molar refractivity (Wildman–Crippen MR) is 83.4 cm³/mol. The Kier molecular flexibility index (Phi) is 4.73. The molecule has 1 aliphatic rings. The molecular formula is C17H20FNO4. The zero-order valence-electron chi connectivity index (χ0n) is 13.4. The Bertz CT molecular complexity index is 631. The third kappa shape index (κ3) is 4.31. The number of aliphatic carboxylic acids is 1. The molecule has 1 unspecified atom stereocenters. The van der Waals surface area contributed by atoms with Crippen molar-refractivity contribution < 1.29 is 23.8 Å². The van der Waals surface area contributed by atoms with E-state index in [-0.39, 0.29) is 12.4 Å². The maximum Gasteiger partial charge on any atom is 0.411 e. The van der Waals surface area contributed by atoms with Crippen LogP contribution in [0.5, 0.6) is 0 Å². The molecule has 6 heteroatoms. The highest BCUT2D eigenvalue weighted by molar-refractivity contribution is 5.86. The number of hydrogen-bond donors (Lipinski definition) is 1. The molecule has 1 amide bonds. The minimum atomic E-state index is -1.13. The summed E-state index contributed by atoms with van der Waals surface area (Å²) in [5.74, 6) is -1.48. The van der Waals surface area contributed by atoms with Gasteiger partial charge in [0.05, 0.1) is 0 Å². The fourth-order valence-corrected chi connectivity index (χ4v) is 2.38. The van der Waals surface area contributed by atoms with E-state index < -0.39 is 23.7 Å². The zero-order chi connectivity index (χ0) is 17.2. The van der Waals surface area contributed by atoms with Crippen molar-refractivity contribution >= 4 is 17.6 Å². The van der Waals surface area contributed by atoms with Crippen molar-refractivity contribution in [3.63, 3.8) is 0 Å². The van der Waals surface area contributed by atoms with Crippen LogP contribution in [0.1, 0.15) is 32.8 Å². The highest BCUT2D eigenvalue weighted by Crippen LogP contribution is 2.27. The molecule has 1 atom stereocenters. The molecule has 0 radical (unpaired) electrons. The number of hydrogen-bond acceptors (Lipinski definition) is 3. The third-order valence-electron chi connectivity index (χ3n) is 3.41. The maximum atomic E-state index is 13.0. The molecule has 2 rings (SSSR count). The first-order valence-corrected chi connectivity index (χ1v) is 7.36. The smallest absolute Gasteiger partial charge is 0.411 e. The molecule has 124 valence electrons. The van der Waals surface area contributed by atoms with Gasteiger partial charge in [0.2, 0.25) is 0 Å². The van der Waals surface area contributed by atoms with Crippen LogP contribution in [0.15, 0.2) is 30.3 Å². The van der Waals surface area contributed by atoms with Crippen molar-refractivity contribution in [3.8, 4) is 0 Å². The normalized spacial score (nSPS) is 18.3. The van der Waals surface area contributed by atoms with Crippen LogP contribution in [-0.4, -0.2) is 40.3 Å². The molecule has 0 saturated heterocycles. The largest absolute Gasteiger partial charge is 0.479 e. The van der Waals surface area contributed by atoms with Crippen molar-refractivity contribution in [2.75, 3.05) is 6.54 Å². The molecular weight excluding hydrogens is 301 g/mol. The lowest BCUT2D eigenvalue weighted by Crippen LogP contribution is -2.48. The molecule has 0 aromatic heterocycles. The zero-order valence-corrected chi connectivity index (χ0v) is 13.4. The number of nitrogens with zero attached hydrogens (tertiary/aromatic N) is 1. The minimum Gasteiger partial charge on any atom is -0.479 e. The molecule has 0 saturated carbocycles. The summed E-state index contributed by atoms with van der Waals surface area (Å²) in [6.45, 7) is 5.41. The number of carbonyl (C=O) groups is 2. The summed E-state index contributed by atoms with van der Waals surface area (Å²) in [5.41, 5.74) is 0.833. The Balaban J connectivity index is 2.25. The van der Waals surface area contributed by atoms with Crippen LogP contribution in [0.3, 0.4) is 0 Å². The molecule has 1 aliphatic heterocycles. The van der Waals surface area contributed by atoms with E-state index in [0.717, 1.165) is 11.1 Å². The van der Waals surface area contributed by atoms with Gasteiger partial charge in [-0.25, -0.2) is 14.0 Å². The monoisotopic (exact) mass is 321 g/mol. The highest BCUT2D eigenvalue weighted by Gasteiger charge is 2.34. The van der Waals surface area contributed by atoms with Gasteiger partial charge in [-0.2, -0.15) is 0 Å². The second-order valence-electron chi connectivity index (χ2n) is 6.41. The summed E-state index contributed by atoms with van der Waals surface area (Å²) in [6, 6.07) is 4.75. The topological polar surface area (TPSA) is 66.8 Å². The molecule has 1 aromatic carbocycles. The van der Waals surface area contributed by atoms with Gasteiger partial charge in [0.15, 0.2) is 6.04 Å². The number of carboxylic acid groups (broad SMARTS) is 1. The highest BCUT2D eigenvalue weighted by atomic mass is 19.1. The van der Waals surface area contributed by atoms with E-state index in [2.05, 4.69) is 0 Å². The maximum absolute atomic E-state index is 13.0. The summed E-state index contributed by atoms with van der Waals surface area (Å²) in [6.07, 6.45) is 1.34. The van der Waals surface area contributed by atoms with Crippen molar-refractivity contribution in [2.24, 2.45) is 0 Å². The minimum absolute atomic E-state index is 0.231. The van der Waals surface area contributed by atoms with Gasteiger partial charge in [0.25, 0.3) is 0 Å². The Hall–Kier alpha value is -2.37. The number of benzene rings is 1. The lowest BCUT2D eigenvalue weighted by Gasteiger charge is -2.33. The van der Waals surface area contributed by atoms with Crippen LogP contribution in [0.2, 0.25) is 0 Å². The molecule has 23 heavy (non-hydrogen) atoms. The fraction of sp³-hybridized carbons (Fsp3) is 0.412. The number of amides is 1. The quantitative estimate of drug-likeness (QED) is 0.907. The Morgan fingerprint density at radius 1 is 1.26 bits per heavy atom. The Morgan fingerprint density at radius 3 is 2.39 bits per heavy atom. The second kappa shape index (κ2) is 6.40. The van der Waals surface area contributed by atoms with Gasteiger partial charge in [0.1, 0.15) is 11.4 Å². The van der Waals surface area contributed by atoms with E-state index in [4.69, 9.17) is 4.74 Å². The SMILES string of the molecule is CC(C)(C)OC(=O)N1CCC(c2ccc(F)cc2)=CC1C(=O)O. The predicted octanol–water partition coefficient (Wildman–Crippen LogP) is 3.30. The number of halogens is 1. The van der Waals surface area contributed by atoms with E-state index in [9.17, 15) is 19.1 Å². The standard InChI is InChI=1S/C17H20FNO4/c1-17(2,3)23-16(22)19-9-8-12(10-14(19)15(20)21)11-4-6-13(18)7-5-11/h4-7,10,14H,8-9H2,1-3H3,(H,20,21). The van der Waals surface area contributed by atoms with Crippen LogP contribution >= 0.6 is 0 Å². The van der Waals surface area contributed by atoms with E-state index in [1.54, 1.807) is 32.9 Å². The van der Waals surface area contributed by atoms with Gasteiger partial charge in [-0.05, 0) is 56.5 Å². The lowest BCUT2D eigenvalue weighted by atomic mass is 9.96. The van der Waals surface area contributed by atoms with Gasteiger partial charge in [0, 0.05) is 6.54 Å². The molecule has 0 aliphatic carbocycles. The van der Waals surface area contributed by atoms with Gasteiger partial charge in [-0.15, -0.1) is 0 Å². The number of ether oxygens (including phenoxy) is 1. The number of carboxylic acids is 1. The summed E-state index contributed by atoms with van der Waals surface area (Å²) in [4.78, 5) is 24.9. The molecule has 0 fully saturated rings. The molecule has 1 heterocycles. The summed E-state index contributed by atoms with van der Waals surface area (Å²) in [5, 5.41) is 9.41. The first-order valence-electron chi connectivity index (χ1n) is 7.36. The number of rotatable bonds is 2. The third-order valence-corrected chi connectivity index (χ3v) is 3.41. The van der Waals surface area contributed by atoms with Crippen LogP contribution in [0, 0.1) is 5.82 Å². The summed E-state index contributed by atoms with van der Waals surface area (Å²) in [7, 11) is 0. The van der Waals surface area contributed by atoms with E-state index in [1.165, 1.54) is 23.1 Å². The average Bonchev–Trinajstić information content (AvgIpc) is 2.45. The van der Waals surface area contributed by atoms with E-state index in [1.807, 2.05) is 0 Å². The van der Waals surface area contributed by atoms with E-state index in [0.29, 0.717) is 6.42 Å². The second-order valence-corrected chi connectivity index (χ2v) is 6.41. The van der Waals surface area contributed by atoms with E-state index >= 15 is 0 Å². The molecule has 1 N–H and O–H groups in total. The molecule has 0 spiro atoms. The lowest BCUT2D eigenvalue weighted by molar-refractivity contribution is -0.141. The van der Waals surface area contributed by atoms with Crippen LogP contribution < -0.4 is 0 Å².